The van der Waals surface area contributed by atoms with Crippen molar-refractivity contribution in [1.82, 2.24) is 10.6 Å². The summed E-state index contributed by atoms with van der Waals surface area (Å²) in [6, 6.07) is 4.62. The van der Waals surface area contributed by atoms with Gasteiger partial charge >= 0.3 is 0 Å². The number of hydrogen-bond acceptors (Lipinski definition) is 2. The Morgan fingerprint density at radius 1 is 1.06 bits per heavy atom. The Bertz CT molecular complexity index is 438. The summed E-state index contributed by atoms with van der Waals surface area (Å²) in [7, 11) is 3.04. The summed E-state index contributed by atoms with van der Waals surface area (Å²) in [5.41, 5.74) is 1.24. The van der Waals surface area contributed by atoms with Crippen LogP contribution in [0, 0.1) is 12.3 Å². The molecule has 1 aromatic carbocycles. The quantitative estimate of drug-likeness (QED) is 0.702. The van der Waals surface area contributed by atoms with Crippen molar-refractivity contribution in [2.75, 3.05) is 14.1 Å². The van der Waals surface area contributed by atoms with E-state index >= 15 is 0 Å². The zero-order valence-corrected chi connectivity index (χ0v) is 9.13. The molecule has 4 heteroatoms. The maximum absolute atomic E-state index is 11.4. The highest BCUT2D eigenvalue weighted by Crippen LogP contribution is 2.10. The van der Waals surface area contributed by atoms with Crippen LogP contribution in [0.5, 0.6) is 0 Å². The van der Waals surface area contributed by atoms with Gasteiger partial charge < -0.3 is 10.6 Å². The van der Waals surface area contributed by atoms with Crippen LogP contribution < -0.4 is 10.6 Å². The van der Waals surface area contributed by atoms with Gasteiger partial charge in [0.05, 0.1) is 0 Å². The van der Waals surface area contributed by atoms with E-state index in [0.29, 0.717) is 16.7 Å². The van der Waals surface area contributed by atoms with E-state index in [9.17, 15) is 9.59 Å². The van der Waals surface area contributed by atoms with E-state index in [0.717, 1.165) is 0 Å². The van der Waals surface area contributed by atoms with E-state index in [1.807, 2.05) is 0 Å². The normalized spacial score (nSPS) is 9.06. The van der Waals surface area contributed by atoms with Crippen LogP contribution in [-0.4, -0.2) is 25.9 Å². The highest BCUT2D eigenvalue weighted by Gasteiger charge is 2.10. The topological polar surface area (TPSA) is 58.2 Å². The van der Waals surface area contributed by atoms with Crippen LogP contribution >= 0.6 is 0 Å². The van der Waals surface area contributed by atoms with Crippen LogP contribution in [0.25, 0.3) is 0 Å². The van der Waals surface area contributed by atoms with Crippen molar-refractivity contribution in [3.05, 3.63) is 34.9 Å². The number of carbonyl (C=O) groups excluding carboxylic acids is 2. The minimum Gasteiger partial charge on any atom is -0.355 e. The second-order valence-electron chi connectivity index (χ2n) is 3.10. The summed E-state index contributed by atoms with van der Waals surface area (Å²) in [6.07, 6.45) is 5.26. The van der Waals surface area contributed by atoms with Gasteiger partial charge in [0.15, 0.2) is 0 Å². The lowest BCUT2D eigenvalue weighted by atomic mass is 10.0. The van der Waals surface area contributed by atoms with E-state index in [4.69, 9.17) is 6.42 Å². The van der Waals surface area contributed by atoms with Crippen molar-refractivity contribution in [3.63, 3.8) is 0 Å². The smallest absolute Gasteiger partial charge is 0.251 e. The van der Waals surface area contributed by atoms with Crippen molar-refractivity contribution in [1.29, 1.82) is 0 Å². The standard InChI is InChI=1S/C12H12N2O2/c1-4-8-5-9(11(15)13-2)7-10(6-8)12(16)14-3/h1,5-7H,2-3H3,(H,13,15)(H,14,16). The Hall–Kier alpha value is -2.28. The molecule has 0 aliphatic heterocycles. The molecule has 2 N–H and O–H groups in total. The van der Waals surface area contributed by atoms with Gasteiger partial charge in [-0.05, 0) is 18.2 Å². The van der Waals surface area contributed by atoms with E-state index in [1.165, 1.54) is 20.2 Å². The van der Waals surface area contributed by atoms with Gasteiger partial charge in [-0.3, -0.25) is 9.59 Å². The van der Waals surface area contributed by atoms with Gasteiger partial charge in [0, 0.05) is 30.8 Å². The van der Waals surface area contributed by atoms with Crippen molar-refractivity contribution >= 4 is 11.8 Å². The molecule has 0 bridgehead atoms. The molecule has 4 nitrogen and oxygen atoms in total. The molecular weight excluding hydrogens is 204 g/mol. The number of carbonyl (C=O) groups is 2. The molecule has 0 unspecified atom stereocenters. The third-order valence-corrected chi connectivity index (χ3v) is 2.08. The number of rotatable bonds is 2. The van der Waals surface area contributed by atoms with Crippen molar-refractivity contribution in [2.24, 2.45) is 0 Å². The molecule has 1 aromatic rings. The second-order valence-corrected chi connectivity index (χ2v) is 3.10. The largest absolute Gasteiger partial charge is 0.355 e. The Labute approximate surface area is 94.0 Å². The predicted molar refractivity (Wildman–Crippen MR) is 61.2 cm³/mol. The Kier molecular flexibility index (Phi) is 3.67. The van der Waals surface area contributed by atoms with Crippen molar-refractivity contribution < 1.29 is 9.59 Å². The van der Waals surface area contributed by atoms with Gasteiger partial charge in [0.1, 0.15) is 0 Å². The molecule has 2 amide bonds. The zero-order valence-electron chi connectivity index (χ0n) is 9.13. The molecular formula is C12H12N2O2. The Morgan fingerprint density at radius 2 is 1.50 bits per heavy atom. The lowest BCUT2D eigenvalue weighted by Crippen LogP contribution is -2.21. The Morgan fingerprint density at radius 3 is 1.81 bits per heavy atom. The summed E-state index contributed by atoms with van der Waals surface area (Å²) < 4.78 is 0. The van der Waals surface area contributed by atoms with Crippen LogP contribution in [0.1, 0.15) is 26.3 Å². The minimum absolute atomic E-state index is 0.276. The Balaban J connectivity index is 3.27. The average molecular weight is 216 g/mol. The average Bonchev–Trinajstić information content (AvgIpc) is 2.35. The third-order valence-electron chi connectivity index (χ3n) is 2.08. The van der Waals surface area contributed by atoms with E-state index < -0.39 is 0 Å². The van der Waals surface area contributed by atoms with Crippen LogP contribution in [0.3, 0.4) is 0 Å². The third kappa shape index (κ3) is 2.39. The predicted octanol–water partition coefficient (Wildman–Crippen LogP) is 0.387. The fourth-order valence-corrected chi connectivity index (χ4v) is 1.26. The number of nitrogens with one attached hydrogen (secondary N) is 2. The molecule has 1 rings (SSSR count). The molecule has 0 spiro atoms. The SMILES string of the molecule is C#Cc1cc(C(=O)NC)cc(C(=O)NC)c1. The lowest BCUT2D eigenvalue weighted by molar-refractivity contribution is 0.0962. The van der Waals surface area contributed by atoms with Crippen LogP contribution in [0.15, 0.2) is 18.2 Å². The van der Waals surface area contributed by atoms with Gasteiger partial charge in [0.25, 0.3) is 11.8 Å². The molecule has 82 valence electrons. The molecule has 0 radical (unpaired) electrons. The minimum atomic E-state index is -0.276. The monoisotopic (exact) mass is 216 g/mol. The summed E-state index contributed by atoms with van der Waals surface area (Å²) in [4.78, 5) is 22.9. The number of benzene rings is 1. The molecule has 0 saturated heterocycles. The van der Waals surface area contributed by atoms with E-state index in [1.54, 1.807) is 12.1 Å². The van der Waals surface area contributed by atoms with E-state index in [-0.39, 0.29) is 11.8 Å². The van der Waals surface area contributed by atoms with Gasteiger partial charge in [-0.15, -0.1) is 6.42 Å². The molecule has 0 aliphatic carbocycles. The molecule has 0 fully saturated rings. The van der Waals surface area contributed by atoms with Crippen molar-refractivity contribution in [2.45, 2.75) is 0 Å². The van der Waals surface area contributed by atoms with E-state index in [2.05, 4.69) is 16.6 Å². The van der Waals surface area contributed by atoms with Gasteiger partial charge in [-0.1, -0.05) is 5.92 Å². The molecule has 0 atom stereocenters. The first kappa shape index (κ1) is 11.8. The lowest BCUT2D eigenvalue weighted by Gasteiger charge is -2.05. The van der Waals surface area contributed by atoms with Crippen LogP contribution in [0.2, 0.25) is 0 Å². The summed E-state index contributed by atoms with van der Waals surface area (Å²) in [5, 5.41) is 4.95. The zero-order chi connectivity index (χ0) is 12.1. The van der Waals surface area contributed by atoms with Gasteiger partial charge in [-0.2, -0.15) is 0 Å². The molecule has 0 aromatic heterocycles. The van der Waals surface area contributed by atoms with Crippen molar-refractivity contribution in [3.8, 4) is 12.3 Å². The number of terminal acetylenes is 1. The fourth-order valence-electron chi connectivity index (χ4n) is 1.26. The highest BCUT2D eigenvalue weighted by atomic mass is 16.2. The fraction of sp³-hybridized carbons (Fsp3) is 0.167. The maximum Gasteiger partial charge on any atom is 0.251 e. The van der Waals surface area contributed by atoms with Gasteiger partial charge in [0.2, 0.25) is 0 Å². The summed E-state index contributed by atoms with van der Waals surface area (Å²) >= 11 is 0. The second kappa shape index (κ2) is 4.99. The molecule has 0 heterocycles. The van der Waals surface area contributed by atoms with Gasteiger partial charge in [-0.25, -0.2) is 0 Å². The summed E-state index contributed by atoms with van der Waals surface area (Å²) in [5.74, 6) is 1.85. The number of hydrogen-bond donors (Lipinski definition) is 2. The molecule has 0 aliphatic rings. The number of amides is 2. The first-order valence-electron chi connectivity index (χ1n) is 4.68. The highest BCUT2D eigenvalue weighted by molar-refractivity contribution is 6.00. The van der Waals surface area contributed by atoms with Crippen LogP contribution in [0.4, 0.5) is 0 Å². The maximum atomic E-state index is 11.4. The molecule has 0 saturated carbocycles. The first-order valence-corrected chi connectivity index (χ1v) is 4.68. The van der Waals surface area contributed by atoms with Crippen LogP contribution in [-0.2, 0) is 0 Å². The first-order chi connectivity index (χ1) is 7.62. The molecule has 16 heavy (non-hydrogen) atoms. The summed E-state index contributed by atoms with van der Waals surface area (Å²) in [6.45, 7) is 0.